The summed E-state index contributed by atoms with van der Waals surface area (Å²) in [7, 11) is -3.20. The monoisotopic (exact) mass is 282 g/mol. The summed E-state index contributed by atoms with van der Waals surface area (Å²) in [5.74, 6) is 0.634. The van der Waals surface area contributed by atoms with Gasteiger partial charge in [-0.05, 0) is 17.7 Å². The predicted octanol–water partition coefficient (Wildman–Crippen LogP) is 1.13. The third-order valence-corrected chi connectivity index (χ3v) is 6.00. The molecule has 1 aliphatic heterocycles. The van der Waals surface area contributed by atoms with Gasteiger partial charge in [0.1, 0.15) is 6.29 Å². The molecule has 0 saturated heterocycles. The van der Waals surface area contributed by atoms with Crippen LogP contribution in [0.2, 0.25) is 0 Å². The largest absolute Gasteiger partial charge is 0.454 e. The van der Waals surface area contributed by atoms with E-state index in [1.54, 1.807) is 25.1 Å². The summed E-state index contributed by atoms with van der Waals surface area (Å²) in [5, 5.41) is -0.588. The molecule has 102 valence electrons. The van der Waals surface area contributed by atoms with Crippen molar-refractivity contribution in [3.63, 3.8) is 0 Å². The van der Waals surface area contributed by atoms with Crippen LogP contribution in [0.5, 0.6) is 11.5 Å². The molecule has 3 rings (SSSR count). The maximum absolute atomic E-state index is 11.9. The molecule has 5 nitrogen and oxygen atoms in total. The standard InChI is InChI=1S/C13H14O5S/c1-2-19(15,16)13-9(6-14)12(13)8-3-4-10-11(5-8)18-7-17-10/h3-6,9,12-13H,2,7H2,1H3/t9-,12+,13+/m1/s1. The molecule has 1 aromatic carbocycles. The van der Waals surface area contributed by atoms with Crippen LogP contribution in [0.15, 0.2) is 18.2 Å². The SMILES string of the molecule is CCS(=O)(=O)[C@H]1[C@H](C=O)[C@@H]1c1ccc2c(c1)OCO2. The normalized spacial score (nSPS) is 28.2. The van der Waals surface area contributed by atoms with Crippen LogP contribution in [0.4, 0.5) is 0 Å². The van der Waals surface area contributed by atoms with Crippen LogP contribution in [-0.4, -0.2) is 32.5 Å². The molecule has 0 spiro atoms. The van der Waals surface area contributed by atoms with Crippen molar-refractivity contribution in [2.75, 3.05) is 12.5 Å². The van der Waals surface area contributed by atoms with E-state index in [4.69, 9.17) is 9.47 Å². The van der Waals surface area contributed by atoms with E-state index in [-0.39, 0.29) is 18.5 Å². The molecular weight excluding hydrogens is 268 g/mol. The minimum atomic E-state index is -3.20. The fraction of sp³-hybridized carbons (Fsp3) is 0.462. The fourth-order valence-corrected chi connectivity index (χ4v) is 4.45. The molecule has 1 fully saturated rings. The lowest BCUT2D eigenvalue weighted by Crippen LogP contribution is -2.12. The zero-order valence-electron chi connectivity index (χ0n) is 10.4. The Hall–Kier alpha value is -1.56. The number of ether oxygens (including phenoxy) is 2. The molecule has 0 bridgehead atoms. The number of hydrogen-bond donors (Lipinski definition) is 0. The number of benzene rings is 1. The van der Waals surface area contributed by atoms with Gasteiger partial charge in [-0.25, -0.2) is 8.42 Å². The van der Waals surface area contributed by atoms with E-state index in [0.717, 1.165) is 11.8 Å². The Morgan fingerprint density at radius 1 is 1.32 bits per heavy atom. The van der Waals surface area contributed by atoms with Crippen LogP contribution in [-0.2, 0) is 14.6 Å². The Labute approximate surface area is 111 Å². The van der Waals surface area contributed by atoms with Crippen LogP contribution >= 0.6 is 0 Å². The molecular formula is C13H14O5S. The Bertz CT molecular complexity index is 622. The number of sulfone groups is 1. The zero-order chi connectivity index (χ0) is 13.6. The Kier molecular flexibility index (Phi) is 2.78. The molecule has 0 aromatic heterocycles. The first-order valence-corrected chi connectivity index (χ1v) is 7.86. The van der Waals surface area contributed by atoms with Crippen LogP contribution in [0, 0.1) is 5.92 Å². The molecule has 6 heteroatoms. The van der Waals surface area contributed by atoms with Crippen LogP contribution in [0.25, 0.3) is 0 Å². The quantitative estimate of drug-likeness (QED) is 0.774. The summed E-state index contributed by atoms with van der Waals surface area (Å²) in [6.45, 7) is 1.78. The average Bonchev–Trinajstić information content (AvgIpc) is 2.99. The number of carbonyl (C=O) groups excluding carboxylic acids is 1. The van der Waals surface area contributed by atoms with Gasteiger partial charge in [0, 0.05) is 17.6 Å². The second kappa shape index (κ2) is 4.23. The minimum Gasteiger partial charge on any atom is -0.454 e. The Morgan fingerprint density at radius 2 is 2.05 bits per heavy atom. The van der Waals surface area contributed by atoms with E-state index in [0.29, 0.717) is 11.5 Å². The number of fused-ring (bicyclic) bond motifs is 1. The first-order chi connectivity index (χ1) is 9.08. The number of aldehydes is 1. The van der Waals surface area contributed by atoms with E-state index < -0.39 is 21.0 Å². The molecule has 19 heavy (non-hydrogen) atoms. The summed E-state index contributed by atoms with van der Waals surface area (Å²) in [6, 6.07) is 5.34. The second-order valence-corrected chi connectivity index (χ2v) is 7.22. The van der Waals surface area contributed by atoms with Gasteiger partial charge in [0.15, 0.2) is 21.3 Å². The summed E-state index contributed by atoms with van der Waals surface area (Å²) >= 11 is 0. The van der Waals surface area contributed by atoms with Crippen molar-refractivity contribution in [2.45, 2.75) is 18.1 Å². The lowest BCUT2D eigenvalue weighted by Gasteiger charge is -2.02. The summed E-state index contributed by atoms with van der Waals surface area (Å²) < 4.78 is 34.4. The van der Waals surface area contributed by atoms with Crippen molar-refractivity contribution >= 4 is 16.1 Å². The first kappa shape index (κ1) is 12.5. The highest BCUT2D eigenvalue weighted by atomic mass is 32.2. The molecule has 0 amide bonds. The van der Waals surface area contributed by atoms with E-state index in [2.05, 4.69) is 0 Å². The van der Waals surface area contributed by atoms with Gasteiger partial charge < -0.3 is 14.3 Å². The van der Waals surface area contributed by atoms with Gasteiger partial charge in [-0.2, -0.15) is 0 Å². The molecule has 1 saturated carbocycles. The molecule has 2 aliphatic rings. The average molecular weight is 282 g/mol. The minimum absolute atomic E-state index is 0.0586. The lowest BCUT2D eigenvalue weighted by molar-refractivity contribution is -0.108. The van der Waals surface area contributed by atoms with Crippen molar-refractivity contribution in [1.29, 1.82) is 0 Å². The van der Waals surface area contributed by atoms with Crippen molar-refractivity contribution < 1.29 is 22.7 Å². The van der Waals surface area contributed by atoms with Crippen LogP contribution in [0.3, 0.4) is 0 Å². The number of hydrogen-bond acceptors (Lipinski definition) is 5. The zero-order valence-corrected chi connectivity index (χ0v) is 11.2. The Morgan fingerprint density at radius 3 is 2.74 bits per heavy atom. The van der Waals surface area contributed by atoms with Gasteiger partial charge in [0.2, 0.25) is 6.79 Å². The fourth-order valence-electron chi connectivity index (χ4n) is 2.65. The molecule has 3 atom stereocenters. The van der Waals surface area contributed by atoms with Gasteiger partial charge in [-0.15, -0.1) is 0 Å². The van der Waals surface area contributed by atoms with Gasteiger partial charge in [-0.1, -0.05) is 13.0 Å². The predicted molar refractivity (Wildman–Crippen MR) is 68.1 cm³/mol. The Balaban J connectivity index is 1.93. The molecule has 0 radical (unpaired) electrons. The third kappa shape index (κ3) is 1.90. The molecule has 0 N–H and O–H groups in total. The van der Waals surface area contributed by atoms with Gasteiger partial charge >= 0.3 is 0 Å². The maximum atomic E-state index is 11.9. The second-order valence-electron chi connectivity index (χ2n) is 4.77. The van der Waals surface area contributed by atoms with Crippen molar-refractivity contribution in [1.82, 2.24) is 0 Å². The summed E-state index contributed by atoms with van der Waals surface area (Å²) in [5.41, 5.74) is 0.823. The van der Waals surface area contributed by atoms with Gasteiger partial charge in [-0.3, -0.25) is 0 Å². The summed E-state index contributed by atoms with van der Waals surface area (Å²) in [4.78, 5) is 11.0. The first-order valence-electron chi connectivity index (χ1n) is 6.15. The number of rotatable bonds is 4. The highest BCUT2D eigenvalue weighted by molar-refractivity contribution is 7.92. The molecule has 1 aliphatic carbocycles. The lowest BCUT2D eigenvalue weighted by atomic mass is 10.1. The van der Waals surface area contributed by atoms with E-state index in [1.807, 2.05) is 0 Å². The van der Waals surface area contributed by atoms with Crippen LogP contribution in [0.1, 0.15) is 18.4 Å². The third-order valence-electron chi connectivity index (χ3n) is 3.76. The highest BCUT2D eigenvalue weighted by Gasteiger charge is 2.58. The highest BCUT2D eigenvalue weighted by Crippen LogP contribution is 2.52. The summed E-state index contributed by atoms with van der Waals surface area (Å²) in [6.07, 6.45) is 0.743. The van der Waals surface area contributed by atoms with E-state index in [1.165, 1.54) is 0 Å². The maximum Gasteiger partial charge on any atom is 0.231 e. The van der Waals surface area contributed by atoms with Crippen molar-refractivity contribution in [3.8, 4) is 11.5 Å². The van der Waals surface area contributed by atoms with Crippen molar-refractivity contribution in [3.05, 3.63) is 23.8 Å². The molecule has 1 aromatic rings. The van der Waals surface area contributed by atoms with E-state index >= 15 is 0 Å². The van der Waals surface area contributed by atoms with Crippen molar-refractivity contribution in [2.24, 2.45) is 5.92 Å². The van der Waals surface area contributed by atoms with Gasteiger partial charge in [0.05, 0.1) is 5.25 Å². The van der Waals surface area contributed by atoms with Gasteiger partial charge in [0.25, 0.3) is 0 Å². The number of carbonyl (C=O) groups is 1. The molecule has 0 unspecified atom stereocenters. The smallest absolute Gasteiger partial charge is 0.231 e. The topological polar surface area (TPSA) is 69.7 Å². The molecule has 1 heterocycles. The van der Waals surface area contributed by atoms with E-state index in [9.17, 15) is 13.2 Å². The van der Waals surface area contributed by atoms with Crippen LogP contribution < -0.4 is 9.47 Å².